The van der Waals surface area contributed by atoms with Crippen LogP contribution in [0.15, 0.2) is 18.2 Å². The Morgan fingerprint density at radius 1 is 1.33 bits per heavy atom. The zero-order valence-electron chi connectivity index (χ0n) is 6.71. The van der Waals surface area contributed by atoms with Gasteiger partial charge in [0, 0.05) is 0 Å². The molecule has 1 aromatic rings. The quantitative estimate of drug-likeness (QED) is 0.625. The normalized spacial score (nSPS) is 13.9. The highest BCUT2D eigenvalue weighted by Gasteiger charge is 2.10. The predicted molar refractivity (Wildman–Crippen MR) is 44.3 cm³/mol. The average Bonchev–Trinajstić information content (AvgIpc) is 2.51. The molecule has 1 aliphatic heterocycles. The molecule has 0 aromatic heterocycles. The number of nitrogens with zero attached hydrogens (tertiary/aromatic N) is 1. The van der Waals surface area contributed by atoms with Crippen molar-refractivity contribution >= 4 is 0 Å². The van der Waals surface area contributed by atoms with E-state index < -0.39 is 0 Å². The maximum Gasteiger partial charge on any atom is 0.0725 e. The third-order valence-corrected chi connectivity index (χ3v) is 2.07. The fraction of sp³-hybridized carbons (Fsp3) is 0.300. The van der Waals surface area contributed by atoms with Crippen LogP contribution in [0.5, 0.6) is 0 Å². The zero-order chi connectivity index (χ0) is 8.39. The minimum Gasteiger partial charge on any atom is -0.372 e. The van der Waals surface area contributed by atoms with E-state index in [9.17, 15) is 0 Å². The first kappa shape index (κ1) is 7.33. The Morgan fingerprint density at radius 2 is 2.17 bits per heavy atom. The maximum atomic E-state index is 8.49. The summed E-state index contributed by atoms with van der Waals surface area (Å²) in [5, 5.41) is 8.49. The van der Waals surface area contributed by atoms with E-state index in [0.29, 0.717) is 13.0 Å². The largest absolute Gasteiger partial charge is 0.372 e. The highest BCUT2D eigenvalue weighted by Crippen LogP contribution is 2.20. The minimum atomic E-state index is 0.493. The lowest BCUT2D eigenvalue weighted by Crippen LogP contribution is -1.86. The number of hydrogen-bond donors (Lipinski definition) is 0. The summed E-state index contributed by atoms with van der Waals surface area (Å²) < 4.78 is 5.27. The van der Waals surface area contributed by atoms with E-state index in [4.69, 9.17) is 10.00 Å². The zero-order valence-corrected chi connectivity index (χ0v) is 6.71. The number of benzene rings is 1. The number of rotatable bonds is 1. The molecule has 0 saturated carbocycles. The van der Waals surface area contributed by atoms with Crippen molar-refractivity contribution in [3.63, 3.8) is 0 Å². The molecule has 0 fully saturated rings. The lowest BCUT2D eigenvalue weighted by atomic mass is 10.1. The van der Waals surface area contributed by atoms with Crippen LogP contribution in [0.3, 0.4) is 0 Å². The van der Waals surface area contributed by atoms with Crippen molar-refractivity contribution in [2.45, 2.75) is 19.6 Å². The van der Waals surface area contributed by atoms with Gasteiger partial charge in [-0.3, -0.25) is 0 Å². The van der Waals surface area contributed by atoms with Crippen molar-refractivity contribution in [3.05, 3.63) is 34.9 Å². The standard InChI is InChI=1S/C10H9NO/c11-4-3-8-1-2-9-6-12-7-10(9)5-8/h1-2,5H,3,6-7H2. The smallest absolute Gasteiger partial charge is 0.0725 e. The second kappa shape index (κ2) is 2.96. The Morgan fingerprint density at radius 3 is 3.00 bits per heavy atom. The van der Waals surface area contributed by atoms with Crippen molar-refractivity contribution in [3.8, 4) is 6.07 Å². The summed E-state index contributed by atoms with van der Waals surface area (Å²) in [6.07, 6.45) is 0.493. The molecule has 0 aliphatic carbocycles. The molecule has 0 saturated heterocycles. The summed E-state index contributed by atoms with van der Waals surface area (Å²) in [5.41, 5.74) is 3.58. The molecule has 2 heteroatoms. The van der Waals surface area contributed by atoms with Gasteiger partial charge in [-0.25, -0.2) is 0 Å². The van der Waals surface area contributed by atoms with Gasteiger partial charge >= 0.3 is 0 Å². The van der Waals surface area contributed by atoms with Crippen LogP contribution in [0.2, 0.25) is 0 Å². The SMILES string of the molecule is N#CCc1ccc2c(c1)COC2. The molecule has 1 aromatic carbocycles. The van der Waals surface area contributed by atoms with Crippen LogP contribution >= 0.6 is 0 Å². The Kier molecular flexibility index (Phi) is 1.81. The first-order valence-electron chi connectivity index (χ1n) is 3.95. The van der Waals surface area contributed by atoms with Crippen LogP contribution in [0.1, 0.15) is 16.7 Å². The monoisotopic (exact) mass is 159 g/mol. The van der Waals surface area contributed by atoms with Crippen LogP contribution < -0.4 is 0 Å². The minimum absolute atomic E-state index is 0.493. The van der Waals surface area contributed by atoms with E-state index in [1.807, 2.05) is 6.07 Å². The van der Waals surface area contributed by atoms with Gasteiger partial charge in [-0.15, -0.1) is 0 Å². The fourth-order valence-electron chi connectivity index (χ4n) is 1.43. The number of ether oxygens (including phenoxy) is 1. The molecule has 0 amide bonds. The Hall–Kier alpha value is -1.33. The van der Waals surface area contributed by atoms with Gasteiger partial charge in [-0.05, 0) is 16.7 Å². The molecule has 0 spiro atoms. The van der Waals surface area contributed by atoms with E-state index in [0.717, 1.165) is 12.2 Å². The molecule has 1 aliphatic rings. The lowest BCUT2D eigenvalue weighted by Gasteiger charge is -1.98. The summed E-state index contributed by atoms with van der Waals surface area (Å²) >= 11 is 0. The van der Waals surface area contributed by atoms with E-state index in [2.05, 4.69) is 18.2 Å². The topological polar surface area (TPSA) is 33.0 Å². The van der Waals surface area contributed by atoms with Crippen molar-refractivity contribution in [2.75, 3.05) is 0 Å². The summed E-state index contributed by atoms with van der Waals surface area (Å²) in [4.78, 5) is 0. The Bertz CT molecular complexity index is 338. The third kappa shape index (κ3) is 1.19. The van der Waals surface area contributed by atoms with E-state index in [1.54, 1.807) is 0 Å². The molecule has 2 nitrogen and oxygen atoms in total. The molecule has 2 rings (SSSR count). The lowest BCUT2D eigenvalue weighted by molar-refractivity contribution is 0.134. The second-order valence-corrected chi connectivity index (χ2v) is 2.93. The van der Waals surface area contributed by atoms with Crippen LogP contribution in [-0.4, -0.2) is 0 Å². The van der Waals surface area contributed by atoms with Crippen molar-refractivity contribution in [1.82, 2.24) is 0 Å². The number of hydrogen-bond acceptors (Lipinski definition) is 2. The van der Waals surface area contributed by atoms with Gasteiger partial charge in [0.25, 0.3) is 0 Å². The van der Waals surface area contributed by atoms with Gasteiger partial charge in [0.15, 0.2) is 0 Å². The van der Waals surface area contributed by atoms with E-state index >= 15 is 0 Å². The predicted octanol–water partition coefficient (Wildman–Crippen LogP) is 1.78. The van der Waals surface area contributed by atoms with Crippen molar-refractivity contribution < 1.29 is 4.74 Å². The van der Waals surface area contributed by atoms with E-state index in [1.165, 1.54) is 11.1 Å². The van der Waals surface area contributed by atoms with Crippen molar-refractivity contribution in [2.24, 2.45) is 0 Å². The fourth-order valence-corrected chi connectivity index (χ4v) is 1.43. The molecule has 12 heavy (non-hydrogen) atoms. The van der Waals surface area contributed by atoms with Crippen LogP contribution in [-0.2, 0) is 24.4 Å². The van der Waals surface area contributed by atoms with Gasteiger partial charge in [0.2, 0.25) is 0 Å². The maximum absolute atomic E-state index is 8.49. The number of nitriles is 1. The molecular weight excluding hydrogens is 150 g/mol. The molecule has 0 unspecified atom stereocenters. The van der Waals surface area contributed by atoms with E-state index in [-0.39, 0.29) is 0 Å². The molecule has 0 bridgehead atoms. The Balaban J connectivity index is 2.34. The second-order valence-electron chi connectivity index (χ2n) is 2.93. The molecular formula is C10H9NO. The molecule has 0 N–H and O–H groups in total. The molecule has 1 heterocycles. The van der Waals surface area contributed by atoms with Crippen LogP contribution in [0.25, 0.3) is 0 Å². The molecule has 0 atom stereocenters. The van der Waals surface area contributed by atoms with Crippen LogP contribution in [0, 0.1) is 11.3 Å². The van der Waals surface area contributed by atoms with Gasteiger partial charge in [-0.1, -0.05) is 18.2 Å². The average molecular weight is 159 g/mol. The van der Waals surface area contributed by atoms with Gasteiger partial charge in [-0.2, -0.15) is 5.26 Å². The third-order valence-electron chi connectivity index (χ3n) is 2.07. The molecule has 60 valence electrons. The summed E-state index contributed by atoms with van der Waals surface area (Å²) in [5.74, 6) is 0. The first-order chi connectivity index (χ1) is 5.90. The Labute approximate surface area is 71.4 Å². The van der Waals surface area contributed by atoms with Crippen LogP contribution in [0.4, 0.5) is 0 Å². The van der Waals surface area contributed by atoms with Gasteiger partial charge in [0.05, 0.1) is 25.7 Å². The molecule has 0 radical (unpaired) electrons. The highest BCUT2D eigenvalue weighted by atomic mass is 16.5. The van der Waals surface area contributed by atoms with Crippen molar-refractivity contribution in [1.29, 1.82) is 5.26 Å². The summed E-state index contributed by atoms with van der Waals surface area (Å²) in [7, 11) is 0. The van der Waals surface area contributed by atoms with Gasteiger partial charge in [0.1, 0.15) is 0 Å². The number of fused-ring (bicyclic) bond motifs is 1. The highest BCUT2D eigenvalue weighted by molar-refractivity contribution is 5.34. The first-order valence-corrected chi connectivity index (χ1v) is 3.95. The summed E-state index contributed by atoms with van der Waals surface area (Å²) in [6.45, 7) is 1.43. The van der Waals surface area contributed by atoms with Gasteiger partial charge < -0.3 is 4.74 Å². The summed E-state index contributed by atoms with van der Waals surface area (Å²) in [6, 6.07) is 8.24.